The first-order chi connectivity index (χ1) is 7.80. The first kappa shape index (κ1) is 14.3. The summed E-state index contributed by atoms with van der Waals surface area (Å²) in [6.07, 6.45) is 0. The summed E-state index contributed by atoms with van der Waals surface area (Å²) in [5.74, 6) is -0.381. The molecule has 0 saturated heterocycles. The lowest BCUT2D eigenvalue weighted by molar-refractivity contribution is 0.0326. The van der Waals surface area contributed by atoms with E-state index in [1.165, 1.54) is 0 Å². The van der Waals surface area contributed by atoms with Crippen LogP contribution in [-0.2, 0) is 0 Å². The number of nitrogens with zero attached hydrogens (tertiary/aromatic N) is 3. The van der Waals surface area contributed by atoms with Gasteiger partial charge in [-0.15, -0.1) is 10.2 Å². The monoisotopic (exact) mass is 278 g/mol. The number of hydrogen-bond donors (Lipinski definition) is 2. The van der Waals surface area contributed by atoms with Crippen LogP contribution in [0.2, 0.25) is 4.47 Å². The molecule has 2 N–H and O–H groups in total. The maximum atomic E-state index is 11.6. The molecule has 0 aliphatic rings. The van der Waals surface area contributed by atoms with Crippen LogP contribution >= 0.6 is 22.9 Å². The second-order valence-corrected chi connectivity index (χ2v) is 5.84. The number of hydrogen-bond acceptors (Lipinski definition) is 6. The Kier molecular flexibility index (Phi) is 4.81. The molecular formula is C9H15ClN4O2S. The van der Waals surface area contributed by atoms with Crippen molar-refractivity contribution in [1.29, 1.82) is 0 Å². The molecule has 1 unspecified atom stereocenters. The largest absolute Gasteiger partial charge is 0.387 e. The number of rotatable bonds is 5. The molecule has 0 saturated carbocycles. The molecule has 0 aliphatic heterocycles. The van der Waals surface area contributed by atoms with E-state index in [9.17, 15) is 9.90 Å². The number of carbonyl (C=O) groups excluding carboxylic acids is 1. The minimum atomic E-state index is -0.992. The molecule has 1 aromatic rings. The molecule has 96 valence electrons. The van der Waals surface area contributed by atoms with Gasteiger partial charge in [0.1, 0.15) is 0 Å². The van der Waals surface area contributed by atoms with Gasteiger partial charge >= 0.3 is 0 Å². The number of carbonyl (C=O) groups is 1. The second kappa shape index (κ2) is 5.72. The fourth-order valence-corrected chi connectivity index (χ4v) is 2.13. The molecule has 6 nitrogen and oxygen atoms in total. The summed E-state index contributed by atoms with van der Waals surface area (Å²) >= 11 is 6.57. The summed E-state index contributed by atoms with van der Waals surface area (Å²) in [5.41, 5.74) is -0.992. The van der Waals surface area contributed by atoms with Gasteiger partial charge in [0, 0.05) is 13.1 Å². The molecule has 1 atom stereocenters. The Balaban J connectivity index is 2.48. The molecule has 1 aromatic heterocycles. The van der Waals surface area contributed by atoms with E-state index in [0.29, 0.717) is 6.54 Å². The van der Waals surface area contributed by atoms with Crippen molar-refractivity contribution in [1.82, 2.24) is 20.4 Å². The van der Waals surface area contributed by atoms with Gasteiger partial charge < -0.3 is 15.3 Å². The summed E-state index contributed by atoms with van der Waals surface area (Å²) in [6, 6.07) is 0. The number of likely N-dealkylation sites (N-methyl/N-ethyl adjacent to an activating group) is 1. The first-order valence-electron chi connectivity index (χ1n) is 4.94. The van der Waals surface area contributed by atoms with E-state index in [0.717, 1.165) is 11.3 Å². The van der Waals surface area contributed by atoms with E-state index < -0.39 is 5.60 Å². The number of aliphatic hydroxyl groups is 1. The number of halogens is 1. The van der Waals surface area contributed by atoms with Gasteiger partial charge in [0.05, 0.1) is 5.60 Å². The Hall–Kier alpha value is -0.760. The molecular weight excluding hydrogens is 264 g/mol. The molecule has 1 heterocycles. The second-order valence-electron chi connectivity index (χ2n) is 4.28. The van der Waals surface area contributed by atoms with Gasteiger partial charge in [-0.25, -0.2) is 0 Å². The fraction of sp³-hybridized carbons (Fsp3) is 0.667. The molecule has 0 aliphatic carbocycles. The minimum absolute atomic E-state index is 0.140. The van der Waals surface area contributed by atoms with Crippen molar-refractivity contribution in [2.24, 2.45) is 0 Å². The van der Waals surface area contributed by atoms with Gasteiger partial charge in [0.2, 0.25) is 9.47 Å². The highest BCUT2D eigenvalue weighted by Gasteiger charge is 2.23. The zero-order chi connectivity index (χ0) is 13.1. The molecule has 8 heteroatoms. The van der Waals surface area contributed by atoms with Crippen LogP contribution in [0, 0.1) is 0 Å². The zero-order valence-electron chi connectivity index (χ0n) is 9.90. The van der Waals surface area contributed by atoms with Crippen molar-refractivity contribution < 1.29 is 9.90 Å². The third-order valence-corrected chi connectivity index (χ3v) is 2.90. The van der Waals surface area contributed by atoms with Gasteiger partial charge in [-0.3, -0.25) is 4.79 Å². The van der Waals surface area contributed by atoms with Gasteiger partial charge in [-0.2, -0.15) is 0 Å². The Morgan fingerprint density at radius 3 is 2.71 bits per heavy atom. The van der Waals surface area contributed by atoms with E-state index >= 15 is 0 Å². The SMILES string of the molecule is CN(C)CC(C)(O)CNC(=O)c1nnc(Cl)s1. The van der Waals surface area contributed by atoms with Crippen molar-refractivity contribution in [2.45, 2.75) is 12.5 Å². The number of aromatic nitrogens is 2. The lowest BCUT2D eigenvalue weighted by Crippen LogP contribution is -2.47. The summed E-state index contributed by atoms with van der Waals surface area (Å²) in [5, 5.41) is 19.9. The molecule has 0 bridgehead atoms. The predicted octanol–water partition coefficient (Wildman–Crippen LogP) is 0.234. The Bertz CT molecular complexity index is 394. The third kappa shape index (κ3) is 4.95. The average molecular weight is 279 g/mol. The first-order valence-corrected chi connectivity index (χ1v) is 6.14. The summed E-state index contributed by atoms with van der Waals surface area (Å²) in [7, 11) is 3.70. The van der Waals surface area contributed by atoms with Gasteiger partial charge in [-0.1, -0.05) is 11.3 Å². The van der Waals surface area contributed by atoms with Crippen LogP contribution in [-0.4, -0.2) is 58.9 Å². The molecule has 0 fully saturated rings. The van der Waals surface area contributed by atoms with Gasteiger partial charge in [0.15, 0.2) is 0 Å². The van der Waals surface area contributed by atoms with Crippen molar-refractivity contribution in [3.8, 4) is 0 Å². The predicted molar refractivity (Wildman–Crippen MR) is 66.4 cm³/mol. The molecule has 0 spiro atoms. The summed E-state index contributed by atoms with van der Waals surface area (Å²) < 4.78 is 0.218. The molecule has 1 amide bonds. The highest BCUT2D eigenvalue weighted by atomic mass is 35.5. The fourth-order valence-electron chi connectivity index (χ4n) is 1.38. The highest BCUT2D eigenvalue weighted by molar-refractivity contribution is 7.17. The summed E-state index contributed by atoms with van der Waals surface area (Å²) in [4.78, 5) is 13.4. The van der Waals surface area contributed by atoms with Crippen LogP contribution in [0.3, 0.4) is 0 Å². The maximum Gasteiger partial charge on any atom is 0.282 e. The Morgan fingerprint density at radius 1 is 1.59 bits per heavy atom. The normalized spacial score (nSPS) is 14.7. The van der Waals surface area contributed by atoms with Crippen molar-refractivity contribution in [3.63, 3.8) is 0 Å². The lowest BCUT2D eigenvalue weighted by Gasteiger charge is -2.26. The van der Waals surface area contributed by atoms with E-state index in [1.807, 2.05) is 19.0 Å². The van der Waals surface area contributed by atoms with Gasteiger partial charge in [-0.05, 0) is 32.6 Å². The van der Waals surface area contributed by atoms with Crippen LogP contribution in [0.25, 0.3) is 0 Å². The molecule has 0 aromatic carbocycles. The smallest absolute Gasteiger partial charge is 0.282 e. The third-order valence-electron chi connectivity index (χ3n) is 1.88. The Morgan fingerprint density at radius 2 is 2.24 bits per heavy atom. The van der Waals surface area contributed by atoms with Crippen LogP contribution in [0.4, 0.5) is 0 Å². The van der Waals surface area contributed by atoms with E-state index in [1.54, 1.807) is 6.92 Å². The lowest BCUT2D eigenvalue weighted by atomic mass is 10.1. The molecule has 17 heavy (non-hydrogen) atoms. The summed E-state index contributed by atoms with van der Waals surface area (Å²) in [6.45, 7) is 2.24. The van der Waals surface area contributed by atoms with E-state index in [-0.39, 0.29) is 21.9 Å². The van der Waals surface area contributed by atoms with Crippen LogP contribution in [0.1, 0.15) is 16.7 Å². The molecule has 0 radical (unpaired) electrons. The quantitative estimate of drug-likeness (QED) is 0.806. The minimum Gasteiger partial charge on any atom is -0.387 e. The van der Waals surface area contributed by atoms with Crippen molar-refractivity contribution in [2.75, 3.05) is 27.2 Å². The number of nitrogens with one attached hydrogen (secondary N) is 1. The van der Waals surface area contributed by atoms with Crippen molar-refractivity contribution >= 4 is 28.8 Å². The van der Waals surface area contributed by atoms with Gasteiger partial charge in [0.25, 0.3) is 5.91 Å². The molecule has 1 rings (SSSR count). The van der Waals surface area contributed by atoms with Crippen LogP contribution < -0.4 is 5.32 Å². The highest BCUT2D eigenvalue weighted by Crippen LogP contribution is 2.14. The standard InChI is InChI=1S/C9H15ClN4O2S/c1-9(16,5-14(2)3)4-11-6(15)7-12-13-8(10)17-7/h16H,4-5H2,1-3H3,(H,11,15). The maximum absolute atomic E-state index is 11.6. The van der Waals surface area contributed by atoms with Crippen molar-refractivity contribution in [3.05, 3.63) is 9.47 Å². The van der Waals surface area contributed by atoms with E-state index in [2.05, 4.69) is 15.5 Å². The average Bonchev–Trinajstić information content (AvgIpc) is 2.59. The van der Waals surface area contributed by atoms with Crippen LogP contribution in [0.5, 0.6) is 0 Å². The number of amides is 1. The van der Waals surface area contributed by atoms with Crippen LogP contribution in [0.15, 0.2) is 0 Å². The Labute approximate surface area is 109 Å². The zero-order valence-corrected chi connectivity index (χ0v) is 11.5. The topological polar surface area (TPSA) is 78.4 Å². The van der Waals surface area contributed by atoms with E-state index in [4.69, 9.17) is 11.6 Å².